The first-order valence-electron chi connectivity index (χ1n) is 5.11. The van der Waals surface area contributed by atoms with Crippen LogP contribution >= 0.6 is 23.1 Å². The maximum absolute atomic E-state index is 11.2. The number of hydrogen-bond donors (Lipinski definition) is 3. The monoisotopic (exact) mass is 258 g/mol. The summed E-state index contributed by atoms with van der Waals surface area (Å²) in [5, 5.41) is 14.8. The van der Waals surface area contributed by atoms with Crippen LogP contribution in [-0.4, -0.2) is 29.9 Å². The minimum Gasteiger partial charge on any atom is -0.395 e. The molecule has 6 heteroatoms. The van der Waals surface area contributed by atoms with E-state index in [1.165, 1.54) is 9.09 Å². The number of amides is 1. The fourth-order valence-electron chi connectivity index (χ4n) is 1.50. The van der Waals surface area contributed by atoms with Crippen LogP contribution in [0.1, 0.15) is 17.8 Å². The number of carbonyl (C=O) groups is 1. The molecule has 1 aliphatic rings. The molecule has 0 spiro atoms. The smallest absolute Gasteiger partial charge is 0.234 e. The third kappa shape index (κ3) is 2.57. The number of carbonyl (C=O) groups excluding carboxylic acids is 1. The molecular weight excluding hydrogens is 244 g/mol. The second-order valence-electron chi connectivity index (χ2n) is 3.59. The summed E-state index contributed by atoms with van der Waals surface area (Å²) in [6, 6.07) is 2.22. The Bertz CT molecular complexity index is 392. The predicted molar refractivity (Wildman–Crippen MR) is 67.2 cm³/mol. The van der Waals surface area contributed by atoms with Gasteiger partial charge in [-0.2, -0.15) is 0 Å². The molecule has 1 aromatic rings. The number of aliphatic hydroxyl groups is 1. The van der Waals surface area contributed by atoms with Crippen molar-refractivity contribution >= 4 is 34.7 Å². The molecule has 2 heterocycles. The highest BCUT2D eigenvalue weighted by molar-refractivity contribution is 8.02. The van der Waals surface area contributed by atoms with Gasteiger partial charge in [0.25, 0.3) is 0 Å². The molecular formula is C10H14N2O2S2. The fourth-order valence-corrected chi connectivity index (χ4v) is 3.67. The summed E-state index contributed by atoms with van der Waals surface area (Å²) in [6.45, 7) is 2.78. The van der Waals surface area contributed by atoms with Crippen molar-refractivity contribution in [1.29, 1.82) is 0 Å². The first-order valence-corrected chi connectivity index (χ1v) is 6.91. The van der Waals surface area contributed by atoms with Crippen LogP contribution < -0.4 is 10.6 Å². The third-order valence-electron chi connectivity index (χ3n) is 2.31. The van der Waals surface area contributed by atoms with Crippen LogP contribution in [0.5, 0.6) is 0 Å². The molecule has 1 aliphatic heterocycles. The van der Waals surface area contributed by atoms with Crippen molar-refractivity contribution in [2.24, 2.45) is 0 Å². The standard InChI is InChI=1S/C10H14N2O2S2/c1-6(11-2-3-13)8-4-7-10(16-8)15-5-9(14)12-7/h4,6,11,13H,2-3,5H2,1H3,(H,12,14). The first-order chi connectivity index (χ1) is 7.70. The summed E-state index contributed by atoms with van der Waals surface area (Å²) in [7, 11) is 0. The van der Waals surface area contributed by atoms with Gasteiger partial charge in [-0.15, -0.1) is 23.1 Å². The third-order valence-corrected chi connectivity index (χ3v) is 4.92. The lowest BCUT2D eigenvalue weighted by molar-refractivity contribution is -0.113. The molecule has 1 amide bonds. The van der Waals surface area contributed by atoms with Crippen LogP contribution in [0.15, 0.2) is 10.3 Å². The van der Waals surface area contributed by atoms with Gasteiger partial charge in [0, 0.05) is 17.5 Å². The lowest BCUT2D eigenvalue weighted by atomic mass is 10.2. The van der Waals surface area contributed by atoms with Gasteiger partial charge >= 0.3 is 0 Å². The number of fused-ring (bicyclic) bond motifs is 1. The molecule has 0 aromatic carbocycles. The topological polar surface area (TPSA) is 61.4 Å². The van der Waals surface area contributed by atoms with E-state index in [0.29, 0.717) is 12.3 Å². The number of rotatable bonds is 4. The van der Waals surface area contributed by atoms with Gasteiger partial charge in [-0.05, 0) is 13.0 Å². The van der Waals surface area contributed by atoms with Gasteiger partial charge in [0.15, 0.2) is 0 Å². The molecule has 0 aliphatic carbocycles. The van der Waals surface area contributed by atoms with Crippen LogP contribution in [0, 0.1) is 0 Å². The normalized spacial score (nSPS) is 16.8. The summed E-state index contributed by atoms with van der Waals surface area (Å²) >= 11 is 3.29. The quantitative estimate of drug-likeness (QED) is 0.764. The molecule has 0 saturated heterocycles. The number of aliphatic hydroxyl groups excluding tert-OH is 1. The van der Waals surface area contributed by atoms with Crippen molar-refractivity contribution in [3.8, 4) is 0 Å². The average Bonchev–Trinajstić information content (AvgIpc) is 2.68. The van der Waals surface area contributed by atoms with E-state index in [1.54, 1.807) is 23.1 Å². The van der Waals surface area contributed by atoms with Crippen LogP contribution in [-0.2, 0) is 4.79 Å². The Kier molecular flexibility index (Phi) is 3.86. The molecule has 1 aromatic heterocycles. The number of nitrogens with one attached hydrogen (secondary N) is 2. The van der Waals surface area contributed by atoms with E-state index in [0.717, 1.165) is 5.69 Å². The molecule has 16 heavy (non-hydrogen) atoms. The van der Waals surface area contributed by atoms with Crippen LogP contribution in [0.3, 0.4) is 0 Å². The highest BCUT2D eigenvalue weighted by Gasteiger charge is 2.20. The Morgan fingerprint density at radius 3 is 3.25 bits per heavy atom. The van der Waals surface area contributed by atoms with Gasteiger partial charge in [0.1, 0.15) is 0 Å². The van der Waals surface area contributed by atoms with E-state index in [9.17, 15) is 4.79 Å². The molecule has 2 rings (SSSR count). The van der Waals surface area contributed by atoms with Crippen LogP contribution in [0.4, 0.5) is 5.69 Å². The molecule has 1 unspecified atom stereocenters. The SMILES string of the molecule is CC(NCCO)c1cc2c(s1)SCC(=O)N2. The zero-order valence-electron chi connectivity index (χ0n) is 8.95. The van der Waals surface area contributed by atoms with Gasteiger partial charge in [0.2, 0.25) is 5.91 Å². The number of thioether (sulfide) groups is 1. The number of thiophene rings is 1. The molecule has 3 N–H and O–H groups in total. The molecule has 1 atom stereocenters. The van der Waals surface area contributed by atoms with Gasteiger partial charge in [0.05, 0.1) is 22.3 Å². The second kappa shape index (κ2) is 5.18. The van der Waals surface area contributed by atoms with E-state index in [2.05, 4.69) is 17.6 Å². The van der Waals surface area contributed by atoms with Crippen molar-refractivity contribution in [3.63, 3.8) is 0 Å². The summed E-state index contributed by atoms with van der Waals surface area (Å²) in [6.07, 6.45) is 0. The summed E-state index contributed by atoms with van der Waals surface area (Å²) < 4.78 is 1.17. The van der Waals surface area contributed by atoms with E-state index in [1.807, 2.05) is 6.07 Å². The first kappa shape index (κ1) is 11.9. The second-order valence-corrected chi connectivity index (χ2v) is 5.91. The minimum atomic E-state index is 0.0674. The Hall–Kier alpha value is -0.560. The molecule has 0 saturated carbocycles. The van der Waals surface area contributed by atoms with Crippen molar-refractivity contribution in [2.45, 2.75) is 17.2 Å². The fraction of sp³-hybridized carbons (Fsp3) is 0.500. The van der Waals surface area contributed by atoms with Crippen LogP contribution in [0.25, 0.3) is 0 Å². The molecule has 88 valence electrons. The molecule has 0 fully saturated rings. The Morgan fingerprint density at radius 1 is 1.69 bits per heavy atom. The maximum Gasteiger partial charge on any atom is 0.234 e. The number of hydrogen-bond acceptors (Lipinski definition) is 5. The highest BCUT2D eigenvalue weighted by Crippen LogP contribution is 2.40. The molecule has 4 nitrogen and oxygen atoms in total. The lowest BCUT2D eigenvalue weighted by Gasteiger charge is -2.10. The van der Waals surface area contributed by atoms with Crippen LogP contribution in [0.2, 0.25) is 0 Å². The van der Waals surface area contributed by atoms with E-state index in [4.69, 9.17) is 5.11 Å². The largest absolute Gasteiger partial charge is 0.395 e. The summed E-state index contributed by atoms with van der Waals surface area (Å²) in [5.41, 5.74) is 0.930. The zero-order chi connectivity index (χ0) is 11.5. The maximum atomic E-state index is 11.2. The average molecular weight is 258 g/mol. The summed E-state index contributed by atoms with van der Waals surface area (Å²) in [5.74, 6) is 0.573. The van der Waals surface area contributed by atoms with Crippen molar-refractivity contribution in [3.05, 3.63) is 10.9 Å². The minimum absolute atomic E-state index is 0.0674. The van der Waals surface area contributed by atoms with Crippen molar-refractivity contribution in [2.75, 3.05) is 24.2 Å². The molecule has 0 radical (unpaired) electrons. The Balaban J connectivity index is 2.09. The van der Waals surface area contributed by atoms with Gasteiger partial charge in [-0.3, -0.25) is 4.79 Å². The predicted octanol–water partition coefficient (Wildman–Crippen LogP) is 1.44. The Morgan fingerprint density at radius 2 is 2.50 bits per heavy atom. The zero-order valence-corrected chi connectivity index (χ0v) is 10.6. The van der Waals surface area contributed by atoms with E-state index in [-0.39, 0.29) is 18.6 Å². The highest BCUT2D eigenvalue weighted by atomic mass is 32.2. The van der Waals surface area contributed by atoms with E-state index >= 15 is 0 Å². The van der Waals surface area contributed by atoms with E-state index < -0.39 is 0 Å². The summed E-state index contributed by atoms with van der Waals surface area (Å²) in [4.78, 5) is 12.4. The van der Waals surface area contributed by atoms with Gasteiger partial charge in [-0.1, -0.05) is 0 Å². The van der Waals surface area contributed by atoms with Gasteiger partial charge < -0.3 is 15.7 Å². The van der Waals surface area contributed by atoms with Crippen molar-refractivity contribution in [1.82, 2.24) is 5.32 Å². The van der Waals surface area contributed by atoms with Crippen molar-refractivity contribution < 1.29 is 9.90 Å². The number of anilines is 1. The lowest BCUT2D eigenvalue weighted by Crippen LogP contribution is -2.21. The molecule has 0 bridgehead atoms. The van der Waals surface area contributed by atoms with Gasteiger partial charge in [-0.25, -0.2) is 0 Å². The Labute approximate surface area is 102 Å².